The number of nitrogens with zero attached hydrogens (tertiary/aromatic N) is 3. The normalized spacial score (nSPS) is 15.3. The fourth-order valence-corrected chi connectivity index (χ4v) is 3.09. The van der Waals surface area contributed by atoms with Crippen molar-refractivity contribution in [3.63, 3.8) is 0 Å². The summed E-state index contributed by atoms with van der Waals surface area (Å²) in [6.45, 7) is 0.687. The molecule has 8 nitrogen and oxygen atoms in total. The van der Waals surface area contributed by atoms with Crippen molar-refractivity contribution in [3.8, 4) is 22.2 Å². The molecule has 0 fully saturated rings. The number of amides is 2. The van der Waals surface area contributed by atoms with Crippen molar-refractivity contribution in [1.29, 1.82) is 0 Å². The molecule has 2 amide bonds. The second-order valence-electron chi connectivity index (χ2n) is 5.46. The van der Waals surface area contributed by atoms with Crippen LogP contribution in [0.4, 0.5) is 9.93 Å². The van der Waals surface area contributed by atoms with E-state index in [1.807, 2.05) is 42.5 Å². The molecule has 1 aliphatic rings. The van der Waals surface area contributed by atoms with Gasteiger partial charge < -0.3 is 14.8 Å². The number of carbonyl (C=O) groups excluding carboxylic acids is 1. The van der Waals surface area contributed by atoms with Crippen LogP contribution in [0.1, 0.15) is 0 Å². The Morgan fingerprint density at radius 3 is 2.85 bits per heavy atom. The first-order valence-corrected chi connectivity index (χ1v) is 8.78. The summed E-state index contributed by atoms with van der Waals surface area (Å²) in [5.41, 5.74) is 0.713. The number of para-hydroxylation sites is 2. The zero-order valence-electron chi connectivity index (χ0n) is 13.6. The highest BCUT2D eigenvalue weighted by molar-refractivity contribution is 7.18. The predicted octanol–water partition coefficient (Wildman–Crippen LogP) is 2.56. The van der Waals surface area contributed by atoms with E-state index in [4.69, 9.17) is 9.47 Å². The number of pyridine rings is 1. The molecule has 4 rings (SSSR count). The van der Waals surface area contributed by atoms with Crippen LogP contribution in [-0.4, -0.2) is 40.5 Å². The summed E-state index contributed by atoms with van der Waals surface area (Å²) in [7, 11) is 0. The van der Waals surface area contributed by atoms with Gasteiger partial charge in [-0.15, -0.1) is 10.2 Å². The highest BCUT2D eigenvalue weighted by Gasteiger charge is 2.21. The second-order valence-corrected chi connectivity index (χ2v) is 6.44. The van der Waals surface area contributed by atoms with Crippen molar-refractivity contribution in [3.05, 3.63) is 48.7 Å². The van der Waals surface area contributed by atoms with Crippen molar-refractivity contribution in [2.24, 2.45) is 0 Å². The van der Waals surface area contributed by atoms with E-state index in [0.717, 1.165) is 0 Å². The lowest BCUT2D eigenvalue weighted by Gasteiger charge is -2.26. The molecule has 0 radical (unpaired) electrons. The van der Waals surface area contributed by atoms with Crippen LogP contribution in [0.25, 0.3) is 10.7 Å². The molecule has 9 heteroatoms. The lowest BCUT2D eigenvalue weighted by Crippen LogP contribution is -2.42. The lowest BCUT2D eigenvalue weighted by molar-refractivity contribution is 0.0922. The molecule has 2 N–H and O–H groups in total. The van der Waals surface area contributed by atoms with Crippen LogP contribution in [-0.2, 0) is 0 Å². The number of nitrogens with one attached hydrogen (secondary N) is 2. The summed E-state index contributed by atoms with van der Waals surface area (Å²) >= 11 is 1.25. The highest BCUT2D eigenvalue weighted by Crippen LogP contribution is 2.30. The number of hydrogen-bond acceptors (Lipinski definition) is 7. The van der Waals surface area contributed by atoms with E-state index < -0.39 is 0 Å². The van der Waals surface area contributed by atoms with Crippen LogP contribution < -0.4 is 20.1 Å². The Labute approximate surface area is 153 Å². The highest BCUT2D eigenvalue weighted by atomic mass is 32.1. The molecule has 0 unspecified atom stereocenters. The van der Waals surface area contributed by atoms with E-state index in [2.05, 4.69) is 25.8 Å². The van der Waals surface area contributed by atoms with Crippen molar-refractivity contribution in [2.75, 3.05) is 18.5 Å². The van der Waals surface area contributed by atoms with Gasteiger partial charge in [-0.2, -0.15) is 0 Å². The number of fused-ring (bicyclic) bond motifs is 1. The molecule has 1 atom stereocenters. The molecule has 3 aromatic rings. The molecule has 0 spiro atoms. The molecular formula is C17H15N5O3S. The van der Waals surface area contributed by atoms with Crippen molar-refractivity contribution in [2.45, 2.75) is 6.10 Å². The van der Waals surface area contributed by atoms with E-state index in [0.29, 0.717) is 40.5 Å². The molecule has 0 saturated heterocycles. The van der Waals surface area contributed by atoms with E-state index in [1.54, 1.807) is 6.20 Å². The number of aromatic nitrogens is 3. The van der Waals surface area contributed by atoms with Crippen LogP contribution in [0.2, 0.25) is 0 Å². The zero-order chi connectivity index (χ0) is 17.8. The third kappa shape index (κ3) is 3.72. The van der Waals surface area contributed by atoms with Gasteiger partial charge in [0.25, 0.3) is 0 Å². The third-order valence-corrected chi connectivity index (χ3v) is 4.45. The Morgan fingerprint density at radius 1 is 1.15 bits per heavy atom. The van der Waals surface area contributed by atoms with Gasteiger partial charge in [-0.25, -0.2) is 4.79 Å². The van der Waals surface area contributed by atoms with Gasteiger partial charge in [0.1, 0.15) is 12.3 Å². The average Bonchev–Trinajstić information content (AvgIpc) is 3.15. The molecule has 1 aliphatic heterocycles. The van der Waals surface area contributed by atoms with Crippen LogP contribution >= 0.6 is 11.3 Å². The maximum absolute atomic E-state index is 12.1. The maximum Gasteiger partial charge on any atom is 0.321 e. The standard InChI is InChI=1S/C17H15N5O3S/c23-16(19-9-11-10-24-13-6-1-2-7-14(13)25-11)20-17-22-21-15(26-17)12-5-3-4-8-18-12/h1-8,11H,9-10H2,(H2,19,20,22,23)/t11-/m0/s1. The number of rotatable bonds is 4. The van der Waals surface area contributed by atoms with Gasteiger partial charge in [-0.1, -0.05) is 29.5 Å². The minimum atomic E-state index is -0.379. The number of hydrogen-bond donors (Lipinski definition) is 2. The first-order valence-electron chi connectivity index (χ1n) is 7.96. The molecule has 0 bridgehead atoms. The molecule has 0 aliphatic carbocycles. The van der Waals surface area contributed by atoms with Crippen LogP contribution in [0.3, 0.4) is 0 Å². The zero-order valence-corrected chi connectivity index (χ0v) is 14.4. The van der Waals surface area contributed by atoms with Gasteiger partial charge in [0, 0.05) is 6.20 Å². The monoisotopic (exact) mass is 369 g/mol. The van der Waals surface area contributed by atoms with E-state index in [9.17, 15) is 4.79 Å². The summed E-state index contributed by atoms with van der Waals surface area (Å²) in [6, 6.07) is 12.6. The fraction of sp³-hybridized carbons (Fsp3) is 0.176. The Kier molecular flexibility index (Phi) is 4.61. The van der Waals surface area contributed by atoms with Gasteiger partial charge >= 0.3 is 6.03 Å². The largest absolute Gasteiger partial charge is 0.486 e. The minimum Gasteiger partial charge on any atom is -0.486 e. The first-order chi connectivity index (χ1) is 12.8. The van der Waals surface area contributed by atoms with E-state index >= 15 is 0 Å². The number of benzene rings is 1. The molecule has 1 aromatic carbocycles. The molecule has 132 valence electrons. The summed E-state index contributed by atoms with van der Waals surface area (Å²) < 4.78 is 11.4. The molecule has 26 heavy (non-hydrogen) atoms. The summed E-state index contributed by atoms with van der Waals surface area (Å²) in [5.74, 6) is 1.39. The van der Waals surface area contributed by atoms with Crippen LogP contribution in [0.5, 0.6) is 11.5 Å². The second kappa shape index (κ2) is 7.36. The van der Waals surface area contributed by atoms with Gasteiger partial charge in [-0.05, 0) is 24.3 Å². The fourth-order valence-electron chi connectivity index (χ4n) is 2.38. The van der Waals surface area contributed by atoms with Gasteiger partial charge in [0.05, 0.1) is 6.54 Å². The number of anilines is 1. The van der Waals surface area contributed by atoms with Crippen molar-refractivity contribution < 1.29 is 14.3 Å². The molecule has 2 aromatic heterocycles. The summed E-state index contributed by atoms with van der Waals surface area (Å²) in [6.07, 6.45) is 1.43. The lowest BCUT2D eigenvalue weighted by atomic mass is 10.2. The average molecular weight is 369 g/mol. The Morgan fingerprint density at radius 2 is 2.00 bits per heavy atom. The smallest absolute Gasteiger partial charge is 0.321 e. The number of carbonyl (C=O) groups is 1. The molecule has 3 heterocycles. The van der Waals surface area contributed by atoms with Crippen LogP contribution in [0, 0.1) is 0 Å². The predicted molar refractivity (Wildman–Crippen MR) is 96.5 cm³/mol. The van der Waals surface area contributed by atoms with Crippen molar-refractivity contribution in [1.82, 2.24) is 20.5 Å². The molecular weight excluding hydrogens is 354 g/mol. The quantitative estimate of drug-likeness (QED) is 0.733. The topological polar surface area (TPSA) is 98.3 Å². The summed E-state index contributed by atoms with van der Waals surface area (Å²) in [5, 5.41) is 14.4. The number of urea groups is 1. The molecule has 0 saturated carbocycles. The maximum atomic E-state index is 12.1. The van der Waals surface area contributed by atoms with E-state index in [-0.39, 0.29) is 12.1 Å². The Balaban J connectivity index is 1.29. The Bertz CT molecular complexity index is 902. The minimum absolute atomic E-state index is 0.255. The van der Waals surface area contributed by atoms with Crippen LogP contribution in [0.15, 0.2) is 48.7 Å². The number of ether oxygens (including phenoxy) is 2. The SMILES string of the molecule is O=C(NC[C@H]1COc2ccccc2O1)Nc1nnc(-c2ccccn2)s1. The van der Waals surface area contributed by atoms with Gasteiger partial charge in [-0.3, -0.25) is 10.3 Å². The van der Waals surface area contributed by atoms with Gasteiger partial charge in [0.15, 0.2) is 22.6 Å². The van der Waals surface area contributed by atoms with Crippen molar-refractivity contribution >= 4 is 22.5 Å². The first kappa shape index (κ1) is 16.3. The third-order valence-electron chi connectivity index (χ3n) is 3.59. The van der Waals surface area contributed by atoms with E-state index in [1.165, 1.54) is 11.3 Å². The Hall–Kier alpha value is -3.20. The van der Waals surface area contributed by atoms with Gasteiger partial charge in [0.2, 0.25) is 5.13 Å². The summed E-state index contributed by atoms with van der Waals surface area (Å²) in [4.78, 5) is 16.3.